The number of halogens is 1. The summed E-state index contributed by atoms with van der Waals surface area (Å²) in [6, 6.07) is 6.40. The van der Waals surface area contributed by atoms with Crippen LogP contribution < -0.4 is 10.2 Å². The minimum absolute atomic E-state index is 0.181. The fraction of sp³-hybridized carbons (Fsp3) is 0.250. The summed E-state index contributed by atoms with van der Waals surface area (Å²) in [6.07, 6.45) is 0. The van der Waals surface area contributed by atoms with Crippen molar-refractivity contribution >= 4 is 35.2 Å². The summed E-state index contributed by atoms with van der Waals surface area (Å²) < 4.78 is 0. The Balaban J connectivity index is 2.16. The number of benzene rings is 1. The van der Waals surface area contributed by atoms with Gasteiger partial charge in [-0.3, -0.25) is 15.0 Å². The van der Waals surface area contributed by atoms with E-state index >= 15 is 0 Å². The zero-order valence-corrected chi connectivity index (χ0v) is 11.3. The van der Waals surface area contributed by atoms with Gasteiger partial charge in [0.05, 0.1) is 6.54 Å². The van der Waals surface area contributed by atoms with Crippen molar-refractivity contribution in [1.29, 1.82) is 0 Å². The second-order valence-electron chi connectivity index (χ2n) is 4.16. The largest absolute Gasteiger partial charge is 0.350 e. The molecule has 0 spiro atoms. The molecule has 1 fully saturated rings. The molecule has 1 aliphatic heterocycles. The number of carbonyl (C=O) groups is 2. The highest BCUT2D eigenvalue weighted by Gasteiger charge is 2.23. The van der Waals surface area contributed by atoms with Crippen molar-refractivity contribution in [1.82, 2.24) is 10.2 Å². The predicted molar refractivity (Wildman–Crippen MR) is 73.5 cm³/mol. The molecule has 2 rings (SSSR count). The third-order valence-corrected chi connectivity index (χ3v) is 2.91. The zero-order chi connectivity index (χ0) is 14.0. The lowest BCUT2D eigenvalue weighted by Crippen LogP contribution is -2.32. The average Bonchev–Trinajstić information content (AvgIpc) is 2.66. The Morgan fingerprint density at radius 3 is 2.84 bits per heavy atom. The molecule has 0 saturated carbocycles. The van der Waals surface area contributed by atoms with Gasteiger partial charge in [-0.2, -0.15) is 4.99 Å². The summed E-state index contributed by atoms with van der Waals surface area (Å²) in [5.74, 6) is 0.0725. The summed E-state index contributed by atoms with van der Waals surface area (Å²) in [4.78, 5) is 29.9. The van der Waals surface area contributed by atoms with Gasteiger partial charge in [0.25, 0.3) is 0 Å². The molecule has 19 heavy (non-hydrogen) atoms. The third-order valence-electron chi connectivity index (χ3n) is 2.68. The Morgan fingerprint density at radius 1 is 1.53 bits per heavy atom. The van der Waals surface area contributed by atoms with E-state index in [0.717, 1.165) is 0 Å². The molecule has 0 radical (unpaired) electrons. The maximum atomic E-state index is 12.0. The first-order chi connectivity index (χ1) is 8.97. The molecule has 1 N–H and O–H groups in total. The first kappa shape index (κ1) is 13.4. The normalized spacial score (nSPS) is 16.7. The van der Waals surface area contributed by atoms with Crippen molar-refractivity contribution < 1.29 is 9.59 Å². The number of carbonyl (C=O) groups excluding carboxylic acids is 2. The van der Waals surface area contributed by atoms with Crippen LogP contribution in [-0.2, 0) is 4.79 Å². The van der Waals surface area contributed by atoms with Crippen LogP contribution in [0.25, 0.3) is 0 Å². The standard InChI is InChI=1S/C12H13ClN4O2/c1-16-7-10(18)14-11(16)15-12(19)17(2)9-5-3-4-8(13)6-9/h3-6H,7H2,1-2H3,(H,14,15,18,19). The maximum Gasteiger partial charge on any atom is 0.350 e. The third kappa shape index (κ3) is 3.03. The van der Waals surface area contributed by atoms with E-state index in [-0.39, 0.29) is 18.4 Å². The molecule has 1 saturated heterocycles. The van der Waals surface area contributed by atoms with Gasteiger partial charge in [-0.25, -0.2) is 4.79 Å². The quantitative estimate of drug-likeness (QED) is 0.844. The van der Waals surface area contributed by atoms with E-state index in [1.165, 1.54) is 4.90 Å². The van der Waals surface area contributed by atoms with Crippen LogP contribution in [0.15, 0.2) is 29.3 Å². The minimum Gasteiger partial charge on any atom is -0.336 e. The number of guanidine groups is 1. The molecular weight excluding hydrogens is 268 g/mol. The summed E-state index contributed by atoms with van der Waals surface area (Å²) in [5.41, 5.74) is 0.633. The SMILES string of the molecule is CN1CC(=O)N/C1=N\C(=O)N(C)c1cccc(Cl)c1. The Morgan fingerprint density at radius 2 is 2.26 bits per heavy atom. The van der Waals surface area contributed by atoms with Gasteiger partial charge in [0.15, 0.2) is 0 Å². The van der Waals surface area contributed by atoms with E-state index in [4.69, 9.17) is 11.6 Å². The number of aliphatic imine (C=N–C) groups is 1. The Hall–Kier alpha value is -2.08. The molecule has 0 atom stereocenters. The lowest BCUT2D eigenvalue weighted by Gasteiger charge is -2.16. The van der Waals surface area contributed by atoms with Gasteiger partial charge in [-0.05, 0) is 18.2 Å². The van der Waals surface area contributed by atoms with Gasteiger partial charge in [-0.15, -0.1) is 0 Å². The van der Waals surface area contributed by atoms with Crippen LogP contribution in [0.3, 0.4) is 0 Å². The molecule has 1 aromatic rings. The molecule has 0 bridgehead atoms. The van der Waals surface area contributed by atoms with Crippen molar-refractivity contribution in [3.63, 3.8) is 0 Å². The molecule has 3 amide bonds. The monoisotopic (exact) mass is 280 g/mol. The van der Waals surface area contributed by atoms with Gasteiger partial charge in [0, 0.05) is 24.8 Å². The van der Waals surface area contributed by atoms with E-state index < -0.39 is 6.03 Å². The molecule has 6 nitrogen and oxygen atoms in total. The van der Waals surface area contributed by atoms with Crippen LogP contribution in [0.2, 0.25) is 5.02 Å². The van der Waals surface area contributed by atoms with Gasteiger partial charge < -0.3 is 4.90 Å². The number of anilines is 1. The Labute approximate surface area is 115 Å². The van der Waals surface area contributed by atoms with Crippen LogP contribution in [0.4, 0.5) is 10.5 Å². The molecular formula is C12H13ClN4O2. The maximum absolute atomic E-state index is 12.0. The lowest BCUT2D eigenvalue weighted by atomic mass is 10.3. The number of rotatable bonds is 1. The van der Waals surface area contributed by atoms with E-state index in [1.54, 1.807) is 43.3 Å². The number of hydrogen-bond donors (Lipinski definition) is 1. The molecule has 7 heteroatoms. The lowest BCUT2D eigenvalue weighted by molar-refractivity contribution is -0.118. The van der Waals surface area contributed by atoms with Crippen LogP contribution in [-0.4, -0.2) is 43.4 Å². The zero-order valence-electron chi connectivity index (χ0n) is 10.6. The van der Waals surface area contributed by atoms with E-state index in [9.17, 15) is 9.59 Å². The number of urea groups is 1. The van der Waals surface area contributed by atoms with E-state index in [1.807, 2.05) is 0 Å². The molecule has 0 aromatic heterocycles. The van der Waals surface area contributed by atoms with E-state index in [2.05, 4.69) is 10.3 Å². The van der Waals surface area contributed by atoms with Crippen LogP contribution in [0, 0.1) is 0 Å². The highest BCUT2D eigenvalue weighted by atomic mass is 35.5. The number of hydrogen-bond acceptors (Lipinski definition) is 2. The van der Waals surface area contributed by atoms with Crippen molar-refractivity contribution in [2.75, 3.05) is 25.5 Å². The summed E-state index contributed by atoms with van der Waals surface area (Å²) in [7, 11) is 3.28. The summed E-state index contributed by atoms with van der Waals surface area (Å²) in [6.45, 7) is 0.201. The number of nitrogens with one attached hydrogen (secondary N) is 1. The topological polar surface area (TPSA) is 65.0 Å². The highest BCUT2D eigenvalue weighted by Crippen LogP contribution is 2.18. The fourth-order valence-corrected chi connectivity index (χ4v) is 1.81. The molecule has 0 unspecified atom stereocenters. The molecule has 1 heterocycles. The van der Waals surface area contributed by atoms with E-state index in [0.29, 0.717) is 10.7 Å². The molecule has 100 valence electrons. The molecule has 1 aromatic carbocycles. The number of amides is 3. The summed E-state index contributed by atoms with van der Waals surface area (Å²) >= 11 is 5.87. The Kier molecular flexibility index (Phi) is 3.71. The van der Waals surface area contributed by atoms with Gasteiger partial charge in [0.2, 0.25) is 11.9 Å². The highest BCUT2D eigenvalue weighted by molar-refractivity contribution is 6.30. The second-order valence-corrected chi connectivity index (χ2v) is 4.60. The predicted octanol–water partition coefficient (Wildman–Crippen LogP) is 1.31. The number of nitrogens with zero attached hydrogens (tertiary/aromatic N) is 3. The smallest absolute Gasteiger partial charge is 0.336 e. The van der Waals surface area contributed by atoms with Gasteiger partial charge in [0.1, 0.15) is 0 Å². The van der Waals surface area contributed by atoms with Crippen molar-refractivity contribution in [3.8, 4) is 0 Å². The average molecular weight is 281 g/mol. The first-order valence-corrected chi connectivity index (χ1v) is 5.98. The Bertz CT molecular complexity index is 558. The van der Waals surface area contributed by atoms with Crippen molar-refractivity contribution in [2.24, 2.45) is 4.99 Å². The van der Waals surface area contributed by atoms with Crippen molar-refractivity contribution in [3.05, 3.63) is 29.3 Å². The summed E-state index contributed by atoms with van der Waals surface area (Å²) in [5, 5.41) is 3.05. The first-order valence-electron chi connectivity index (χ1n) is 5.60. The van der Waals surface area contributed by atoms with Crippen LogP contribution >= 0.6 is 11.6 Å². The van der Waals surface area contributed by atoms with Gasteiger partial charge >= 0.3 is 6.03 Å². The van der Waals surface area contributed by atoms with Crippen molar-refractivity contribution in [2.45, 2.75) is 0 Å². The van der Waals surface area contributed by atoms with Gasteiger partial charge in [-0.1, -0.05) is 17.7 Å². The number of likely N-dealkylation sites (N-methyl/N-ethyl adjacent to an activating group) is 1. The molecule has 1 aliphatic rings. The van der Waals surface area contributed by atoms with Crippen LogP contribution in [0.5, 0.6) is 0 Å². The second kappa shape index (κ2) is 5.27. The fourth-order valence-electron chi connectivity index (χ4n) is 1.62. The molecule has 0 aliphatic carbocycles. The van der Waals surface area contributed by atoms with Crippen LogP contribution in [0.1, 0.15) is 0 Å². The minimum atomic E-state index is -0.480.